The van der Waals surface area contributed by atoms with Crippen LogP contribution < -0.4 is 0 Å². The highest BCUT2D eigenvalue weighted by Gasteiger charge is 2.26. The van der Waals surface area contributed by atoms with E-state index in [9.17, 15) is 17.2 Å². The highest BCUT2D eigenvalue weighted by atomic mass is 32.2. The Labute approximate surface area is 137 Å². The van der Waals surface area contributed by atoms with Crippen molar-refractivity contribution in [3.63, 3.8) is 0 Å². The molecule has 1 aliphatic heterocycles. The van der Waals surface area contributed by atoms with Crippen molar-refractivity contribution in [2.45, 2.75) is 19.4 Å². The molecule has 0 saturated carbocycles. The fourth-order valence-electron chi connectivity index (χ4n) is 3.04. The minimum Gasteiger partial charge on any atom is -0.300 e. The van der Waals surface area contributed by atoms with Gasteiger partial charge in [-0.3, -0.25) is 9.80 Å². The maximum absolute atomic E-state index is 14.0. The molecule has 0 spiro atoms. The Kier molecular flexibility index (Phi) is 6.11. The molecular weight excluding hydrogens is 322 g/mol. The first-order valence-electron chi connectivity index (χ1n) is 7.89. The molecule has 0 unspecified atom stereocenters. The zero-order chi connectivity index (χ0) is 17.0. The third-order valence-corrected chi connectivity index (χ3v) is 5.26. The SMILES string of the molecule is CC[C@@H](c1ccc(F)cc1F)N1CCN(CCS(C)(=O)=O)CC1. The molecule has 1 heterocycles. The summed E-state index contributed by atoms with van der Waals surface area (Å²) >= 11 is 0. The van der Waals surface area contributed by atoms with E-state index in [0.717, 1.165) is 38.7 Å². The van der Waals surface area contributed by atoms with Gasteiger partial charge in [0.15, 0.2) is 0 Å². The van der Waals surface area contributed by atoms with Gasteiger partial charge < -0.3 is 0 Å². The Morgan fingerprint density at radius 3 is 2.35 bits per heavy atom. The maximum atomic E-state index is 14.0. The summed E-state index contributed by atoms with van der Waals surface area (Å²) in [6.45, 7) is 5.54. The van der Waals surface area contributed by atoms with Gasteiger partial charge in [0.05, 0.1) is 5.75 Å². The monoisotopic (exact) mass is 346 g/mol. The van der Waals surface area contributed by atoms with E-state index in [4.69, 9.17) is 0 Å². The lowest BCUT2D eigenvalue weighted by Crippen LogP contribution is -2.48. The lowest BCUT2D eigenvalue weighted by Gasteiger charge is -2.39. The van der Waals surface area contributed by atoms with Crippen LogP contribution in [0.1, 0.15) is 24.9 Å². The van der Waals surface area contributed by atoms with E-state index in [2.05, 4.69) is 9.80 Å². The summed E-state index contributed by atoms with van der Waals surface area (Å²) in [7, 11) is -2.95. The van der Waals surface area contributed by atoms with Crippen LogP contribution in [0.25, 0.3) is 0 Å². The first kappa shape index (κ1) is 18.3. The highest BCUT2D eigenvalue weighted by Crippen LogP contribution is 2.27. The minimum absolute atomic E-state index is 0.0762. The van der Waals surface area contributed by atoms with Gasteiger partial charge in [-0.25, -0.2) is 17.2 Å². The van der Waals surface area contributed by atoms with E-state index in [1.54, 1.807) is 0 Å². The number of sulfone groups is 1. The van der Waals surface area contributed by atoms with Crippen molar-refractivity contribution in [1.82, 2.24) is 9.80 Å². The minimum atomic E-state index is -2.95. The van der Waals surface area contributed by atoms with Gasteiger partial charge >= 0.3 is 0 Å². The second kappa shape index (κ2) is 7.68. The fraction of sp³-hybridized carbons (Fsp3) is 0.625. The molecule has 1 atom stereocenters. The second-order valence-electron chi connectivity index (χ2n) is 6.10. The van der Waals surface area contributed by atoms with E-state index in [-0.39, 0.29) is 11.8 Å². The molecule has 2 rings (SSSR count). The summed E-state index contributed by atoms with van der Waals surface area (Å²) in [6, 6.07) is 3.67. The topological polar surface area (TPSA) is 40.6 Å². The molecule has 4 nitrogen and oxygen atoms in total. The maximum Gasteiger partial charge on any atom is 0.148 e. The van der Waals surface area contributed by atoms with Gasteiger partial charge in [0.2, 0.25) is 0 Å². The van der Waals surface area contributed by atoms with Crippen molar-refractivity contribution < 1.29 is 17.2 Å². The first-order valence-corrected chi connectivity index (χ1v) is 9.95. The zero-order valence-electron chi connectivity index (χ0n) is 13.6. The van der Waals surface area contributed by atoms with Crippen LogP contribution in [0.2, 0.25) is 0 Å². The lowest BCUT2D eigenvalue weighted by molar-refractivity contribution is 0.0959. The number of hydrogen-bond acceptors (Lipinski definition) is 4. The molecular formula is C16H24F2N2O2S. The summed E-state index contributed by atoms with van der Waals surface area (Å²) in [5, 5.41) is 0. The smallest absolute Gasteiger partial charge is 0.148 e. The molecule has 0 bridgehead atoms. The quantitative estimate of drug-likeness (QED) is 0.791. The van der Waals surface area contributed by atoms with Gasteiger partial charge in [0.1, 0.15) is 21.5 Å². The van der Waals surface area contributed by atoms with E-state index in [1.165, 1.54) is 18.4 Å². The first-order chi connectivity index (χ1) is 10.8. The molecule has 23 heavy (non-hydrogen) atoms. The average molecular weight is 346 g/mol. The third kappa shape index (κ3) is 5.22. The number of halogens is 2. The molecule has 0 amide bonds. The number of nitrogens with zero attached hydrogens (tertiary/aromatic N) is 2. The highest BCUT2D eigenvalue weighted by molar-refractivity contribution is 7.90. The molecule has 130 valence electrons. The van der Waals surface area contributed by atoms with Gasteiger partial charge in [-0.2, -0.15) is 0 Å². The van der Waals surface area contributed by atoms with Crippen LogP contribution >= 0.6 is 0 Å². The van der Waals surface area contributed by atoms with Crippen molar-refractivity contribution in [3.05, 3.63) is 35.4 Å². The van der Waals surface area contributed by atoms with Crippen LogP contribution in [0, 0.1) is 11.6 Å². The van der Waals surface area contributed by atoms with Gasteiger partial charge in [-0.15, -0.1) is 0 Å². The largest absolute Gasteiger partial charge is 0.300 e. The van der Waals surface area contributed by atoms with Gasteiger partial charge in [0.25, 0.3) is 0 Å². The van der Waals surface area contributed by atoms with Gasteiger partial charge in [-0.1, -0.05) is 13.0 Å². The van der Waals surface area contributed by atoms with Crippen molar-refractivity contribution >= 4 is 9.84 Å². The molecule has 1 aliphatic rings. The Morgan fingerprint density at radius 1 is 1.17 bits per heavy atom. The van der Waals surface area contributed by atoms with E-state index in [0.29, 0.717) is 12.1 Å². The summed E-state index contributed by atoms with van der Waals surface area (Å²) in [6.07, 6.45) is 1.99. The second-order valence-corrected chi connectivity index (χ2v) is 8.36. The Morgan fingerprint density at radius 2 is 1.83 bits per heavy atom. The van der Waals surface area contributed by atoms with Crippen LogP contribution in [-0.4, -0.2) is 63.0 Å². The van der Waals surface area contributed by atoms with Crippen LogP contribution in [-0.2, 0) is 9.84 Å². The van der Waals surface area contributed by atoms with Crippen molar-refractivity contribution in [2.24, 2.45) is 0 Å². The molecule has 1 fully saturated rings. The van der Waals surface area contributed by atoms with Crippen LogP contribution in [0.15, 0.2) is 18.2 Å². The molecule has 1 aromatic carbocycles. The molecule has 0 radical (unpaired) electrons. The van der Waals surface area contributed by atoms with Crippen molar-refractivity contribution in [3.8, 4) is 0 Å². The Hall–Kier alpha value is -1.05. The molecule has 0 N–H and O–H groups in total. The van der Waals surface area contributed by atoms with Gasteiger partial charge in [0, 0.05) is 56.7 Å². The number of rotatable bonds is 6. The third-order valence-electron chi connectivity index (χ3n) is 4.33. The van der Waals surface area contributed by atoms with E-state index < -0.39 is 21.5 Å². The molecule has 1 saturated heterocycles. The average Bonchev–Trinajstić information content (AvgIpc) is 2.48. The molecule has 7 heteroatoms. The normalized spacial score (nSPS) is 19.0. The predicted octanol–water partition coefficient (Wildman–Crippen LogP) is 2.08. The lowest BCUT2D eigenvalue weighted by atomic mass is 10.0. The van der Waals surface area contributed by atoms with Crippen LogP contribution in [0.5, 0.6) is 0 Å². The van der Waals surface area contributed by atoms with Crippen LogP contribution in [0.3, 0.4) is 0 Å². The summed E-state index contributed by atoms with van der Waals surface area (Å²) in [5.74, 6) is -0.903. The molecule has 0 aromatic heterocycles. The summed E-state index contributed by atoms with van der Waals surface area (Å²) in [4.78, 5) is 4.30. The number of hydrogen-bond donors (Lipinski definition) is 0. The van der Waals surface area contributed by atoms with Crippen LogP contribution in [0.4, 0.5) is 8.78 Å². The Bertz CT molecular complexity index is 629. The van der Waals surface area contributed by atoms with Gasteiger partial charge in [-0.05, 0) is 12.5 Å². The van der Waals surface area contributed by atoms with E-state index >= 15 is 0 Å². The van der Waals surface area contributed by atoms with Crippen molar-refractivity contribution in [2.75, 3.05) is 44.7 Å². The standard InChI is InChI=1S/C16H24F2N2O2S/c1-3-16(14-5-4-13(17)12-15(14)18)20-8-6-19(7-9-20)10-11-23(2,21)22/h4-5,12,16H,3,6-11H2,1-2H3/t16-/m0/s1. The fourth-order valence-corrected chi connectivity index (χ4v) is 3.63. The van der Waals surface area contributed by atoms with E-state index in [1.807, 2.05) is 6.92 Å². The molecule has 0 aliphatic carbocycles. The predicted molar refractivity (Wildman–Crippen MR) is 87.1 cm³/mol. The Balaban J connectivity index is 1.97. The number of piperazine rings is 1. The summed E-state index contributed by atoms with van der Waals surface area (Å²) in [5.41, 5.74) is 0.526. The summed E-state index contributed by atoms with van der Waals surface area (Å²) < 4.78 is 49.6. The number of benzene rings is 1. The van der Waals surface area contributed by atoms with Crippen molar-refractivity contribution in [1.29, 1.82) is 0 Å². The zero-order valence-corrected chi connectivity index (χ0v) is 14.5. The molecule has 1 aromatic rings.